The summed E-state index contributed by atoms with van der Waals surface area (Å²) in [7, 11) is 0. The van der Waals surface area contributed by atoms with Gasteiger partial charge in [-0.15, -0.1) is 0 Å². The third-order valence-corrected chi connectivity index (χ3v) is 5.86. The Morgan fingerprint density at radius 1 is 1.17 bits per heavy atom. The number of urea groups is 1. The first-order valence-corrected chi connectivity index (χ1v) is 10.4. The molecular formula is C23H29N3O3. The zero-order valence-corrected chi connectivity index (χ0v) is 17.1. The van der Waals surface area contributed by atoms with E-state index in [0.717, 1.165) is 30.9 Å². The zero-order chi connectivity index (χ0) is 20.2. The van der Waals surface area contributed by atoms with Gasteiger partial charge in [0.15, 0.2) is 11.5 Å². The lowest BCUT2D eigenvalue weighted by Gasteiger charge is -2.30. The Kier molecular flexibility index (Phi) is 5.90. The van der Waals surface area contributed by atoms with Gasteiger partial charge in [-0.3, -0.25) is 4.90 Å². The number of carbonyl (C=O) groups excluding carboxylic acids is 1. The Balaban J connectivity index is 1.39. The second-order valence-corrected chi connectivity index (χ2v) is 7.60. The number of likely N-dealkylation sites (tertiary alicyclic amines) is 1. The van der Waals surface area contributed by atoms with Gasteiger partial charge in [0.05, 0.1) is 0 Å². The number of nitrogens with one attached hydrogen (secondary N) is 1. The SMILES string of the molecule is CCN(C(=O)Nc1ccc2c(c1)OCCO2)[C@@H]1CCN([C@@H](C)c2ccccc2)C1. The van der Waals surface area contributed by atoms with Crippen molar-refractivity contribution >= 4 is 11.7 Å². The van der Waals surface area contributed by atoms with Gasteiger partial charge in [-0.25, -0.2) is 4.79 Å². The Morgan fingerprint density at radius 2 is 1.93 bits per heavy atom. The van der Waals surface area contributed by atoms with E-state index in [-0.39, 0.29) is 12.1 Å². The smallest absolute Gasteiger partial charge is 0.322 e. The summed E-state index contributed by atoms with van der Waals surface area (Å²) in [4.78, 5) is 17.4. The number of carbonyl (C=O) groups is 1. The molecule has 0 unspecified atom stereocenters. The molecule has 0 aromatic heterocycles. The van der Waals surface area contributed by atoms with E-state index < -0.39 is 0 Å². The van der Waals surface area contributed by atoms with Crippen molar-refractivity contribution in [3.63, 3.8) is 0 Å². The summed E-state index contributed by atoms with van der Waals surface area (Å²) < 4.78 is 11.2. The normalized spacial score (nSPS) is 19.6. The fourth-order valence-corrected chi connectivity index (χ4v) is 4.20. The molecule has 2 aliphatic heterocycles. The van der Waals surface area contributed by atoms with Crippen LogP contribution in [0.25, 0.3) is 0 Å². The first-order valence-electron chi connectivity index (χ1n) is 10.4. The number of rotatable bonds is 5. The highest BCUT2D eigenvalue weighted by Crippen LogP contribution is 2.33. The van der Waals surface area contributed by atoms with E-state index >= 15 is 0 Å². The molecule has 2 heterocycles. The summed E-state index contributed by atoms with van der Waals surface area (Å²) in [5.41, 5.74) is 2.04. The van der Waals surface area contributed by atoms with Gasteiger partial charge in [0, 0.05) is 43.5 Å². The highest BCUT2D eigenvalue weighted by atomic mass is 16.6. The number of ether oxygens (including phenoxy) is 2. The van der Waals surface area contributed by atoms with Crippen molar-refractivity contribution in [2.45, 2.75) is 32.4 Å². The van der Waals surface area contributed by atoms with Crippen molar-refractivity contribution < 1.29 is 14.3 Å². The molecule has 2 aliphatic rings. The molecule has 6 heteroatoms. The summed E-state index contributed by atoms with van der Waals surface area (Å²) in [6.07, 6.45) is 0.986. The highest BCUT2D eigenvalue weighted by Gasteiger charge is 2.32. The van der Waals surface area contributed by atoms with Crippen molar-refractivity contribution in [2.75, 3.05) is 38.2 Å². The molecule has 2 atom stereocenters. The van der Waals surface area contributed by atoms with E-state index in [1.54, 1.807) is 0 Å². The molecule has 2 amide bonds. The molecule has 0 saturated carbocycles. The van der Waals surface area contributed by atoms with Crippen molar-refractivity contribution in [1.29, 1.82) is 0 Å². The van der Waals surface area contributed by atoms with Crippen molar-refractivity contribution in [1.82, 2.24) is 9.80 Å². The van der Waals surface area contributed by atoms with E-state index in [1.807, 2.05) is 36.1 Å². The van der Waals surface area contributed by atoms with E-state index in [0.29, 0.717) is 31.5 Å². The maximum absolute atomic E-state index is 13.0. The van der Waals surface area contributed by atoms with Crippen molar-refractivity contribution in [3.8, 4) is 11.5 Å². The molecule has 0 aliphatic carbocycles. The monoisotopic (exact) mass is 395 g/mol. The standard InChI is InChI=1S/C23H29N3O3/c1-3-26(20-11-12-25(16-20)17(2)18-7-5-4-6-8-18)23(27)24-19-9-10-21-22(15-19)29-14-13-28-21/h4-10,15,17,20H,3,11-14,16H2,1-2H3,(H,24,27)/t17-,20+/m0/s1. The minimum Gasteiger partial charge on any atom is -0.486 e. The van der Waals surface area contributed by atoms with Gasteiger partial charge in [-0.1, -0.05) is 30.3 Å². The van der Waals surface area contributed by atoms with Crippen molar-refractivity contribution in [2.24, 2.45) is 0 Å². The average molecular weight is 396 g/mol. The lowest BCUT2D eigenvalue weighted by atomic mass is 10.1. The van der Waals surface area contributed by atoms with Gasteiger partial charge < -0.3 is 19.7 Å². The number of likely N-dealkylation sites (N-methyl/N-ethyl adjacent to an activating group) is 1. The summed E-state index contributed by atoms with van der Waals surface area (Å²) in [5.74, 6) is 1.41. The van der Waals surface area contributed by atoms with Crippen LogP contribution in [-0.2, 0) is 0 Å². The number of amides is 2. The number of hydrogen-bond donors (Lipinski definition) is 1. The van der Waals surface area contributed by atoms with E-state index in [9.17, 15) is 4.79 Å². The average Bonchev–Trinajstić information content (AvgIpc) is 3.24. The Bertz CT molecular complexity index is 843. The molecule has 6 nitrogen and oxygen atoms in total. The van der Waals surface area contributed by atoms with Crippen LogP contribution in [0.5, 0.6) is 11.5 Å². The summed E-state index contributed by atoms with van der Waals surface area (Å²) in [6.45, 7) is 7.92. The molecule has 1 saturated heterocycles. The summed E-state index contributed by atoms with van der Waals surface area (Å²) in [5, 5.41) is 3.03. The molecule has 154 valence electrons. The fraction of sp³-hybridized carbons (Fsp3) is 0.435. The first-order chi connectivity index (χ1) is 14.2. The predicted molar refractivity (Wildman–Crippen MR) is 114 cm³/mol. The number of anilines is 1. The van der Waals surface area contributed by atoms with Gasteiger partial charge in [-0.05, 0) is 38.0 Å². The summed E-state index contributed by atoms with van der Waals surface area (Å²) >= 11 is 0. The molecule has 1 fully saturated rings. The van der Waals surface area contributed by atoms with Crippen LogP contribution in [0.3, 0.4) is 0 Å². The maximum atomic E-state index is 13.0. The molecule has 0 bridgehead atoms. The first kappa shape index (κ1) is 19.6. The molecule has 29 heavy (non-hydrogen) atoms. The van der Waals surface area contributed by atoms with Gasteiger partial charge >= 0.3 is 6.03 Å². The van der Waals surface area contributed by atoms with Gasteiger partial charge in [-0.2, -0.15) is 0 Å². The minimum atomic E-state index is -0.0663. The third kappa shape index (κ3) is 4.32. The topological polar surface area (TPSA) is 54.0 Å². The van der Waals surface area contributed by atoms with Gasteiger partial charge in [0.1, 0.15) is 13.2 Å². The number of hydrogen-bond acceptors (Lipinski definition) is 4. The van der Waals surface area contributed by atoms with Crippen LogP contribution in [-0.4, -0.2) is 54.7 Å². The zero-order valence-electron chi connectivity index (χ0n) is 17.1. The third-order valence-electron chi connectivity index (χ3n) is 5.86. The van der Waals surface area contributed by atoms with Crippen LogP contribution in [0.1, 0.15) is 31.9 Å². The molecule has 2 aromatic rings. The number of nitrogens with zero attached hydrogens (tertiary/aromatic N) is 2. The molecular weight excluding hydrogens is 366 g/mol. The summed E-state index contributed by atoms with van der Waals surface area (Å²) in [6, 6.07) is 16.6. The lowest BCUT2D eigenvalue weighted by molar-refractivity contribution is 0.171. The fourth-order valence-electron chi connectivity index (χ4n) is 4.20. The molecule has 1 N–H and O–H groups in total. The van der Waals surface area contributed by atoms with Gasteiger partial charge in [0.25, 0.3) is 0 Å². The maximum Gasteiger partial charge on any atom is 0.322 e. The molecule has 4 rings (SSSR count). The van der Waals surface area contributed by atoms with Crippen LogP contribution in [0, 0.1) is 0 Å². The molecule has 2 aromatic carbocycles. The van der Waals surface area contributed by atoms with Crippen molar-refractivity contribution in [3.05, 3.63) is 54.1 Å². The van der Waals surface area contributed by atoms with Crippen LogP contribution in [0.2, 0.25) is 0 Å². The quantitative estimate of drug-likeness (QED) is 0.826. The highest BCUT2D eigenvalue weighted by molar-refractivity contribution is 5.90. The minimum absolute atomic E-state index is 0.0663. The van der Waals surface area contributed by atoms with Gasteiger partial charge in [0.2, 0.25) is 0 Å². The largest absolute Gasteiger partial charge is 0.486 e. The molecule has 0 spiro atoms. The molecule has 0 radical (unpaired) electrons. The van der Waals surface area contributed by atoms with E-state index in [1.165, 1.54) is 5.56 Å². The Hall–Kier alpha value is -2.73. The number of benzene rings is 2. The van der Waals surface area contributed by atoms with Crippen LogP contribution in [0.4, 0.5) is 10.5 Å². The second-order valence-electron chi connectivity index (χ2n) is 7.60. The predicted octanol–water partition coefficient (Wildman–Crippen LogP) is 4.15. The Morgan fingerprint density at radius 3 is 2.69 bits per heavy atom. The van der Waals surface area contributed by atoms with E-state index in [4.69, 9.17) is 9.47 Å². The lowest BCUT2D eigenvalue weighted by Crippen LogP contribution is -2.44. The number of fused-ring (bicyclic) bond motifs is 1. The van der Waals surface area contributed by atoms with Crippen LogP contribution < -0.4 is 14.8 Å². The second kappa shape index (κ2) is 8.74. The Labute approximate surface area is 172 Å². The van der Waals surface area contributed by atoms with Crippen LogP contribution >= 0.6 is 0 Å². The van der Waals surface area contributed by atoms with E-state index in [2.05, 4.69) is 41.4 Å². The van der Waals surface area contributed by atoms with Crippen LogP contribution in [0.15, 0.2) is 48.5 Å².